The highest BCUT2D eigenvalue weighted by molar-refractivity contribution is 5.92. The molecule has 0 unspecified atom stereocenters. The molecule has 1 amide bonds. The first-order valence-electron chi connectivity index (χ1n) is 5.79. The number of carbonyl (C=O) groups is 1. The zero-order valence-electron chi connectivity index (χ0n) is 10.4. The van der Waals surface area contributed by atoms with Crippen LogP contribution in [0.2, 0.25) is 0 Å². The first-order valence-corrected chi connectivity index (χ1v) is 5.79. The van der Waals surface area contributed by atoms with E-state index >= 15 is 0 Å². The van der Waals surface area contributed by atoms with Crippen LogP contribution in [0.25, 0.3) is 0 Å². The van der Waals surface area contributed by atoms with Crippen molar-refractivity contribution >= 4 is 17.3 Å². The summed E-state index contributed by atoms with van der Waals surface area (Å²) in [7, 11) is 0. The summed E-state index contributed by atoms with van der Waals surface area (Å²) in [6.07, 6.45) is 0. The highest BCUT2D eigenvalue weighted by Gasteiger charge is 2.12. The lowest BCUT2D eigenvalue weighted by Crippen LogP contribution is -2.21. The van der Waals surface area contributed by atoms with Gasteiger partial charge in [-0.1, -0.05) is 18.2 Å². The molecule has 0 bridgehead atoms. The topological polar surface area (TPSA) is 64.3 Å². The van der Waals surface area contributed by atoms with E-state index < -0.39 is 29.8 Å². The van der Waals surface area contributed by atoms with Crippen molar-refractivity contribution in [3.8, 4) is 5.75 Å². The largest absolute Gasteiger partial charge is 0.482 e. The van der Waals surface area contributed by atoms with Crippen molar-refractivity contribution < 1.29 is 18.3 Å². The lowest BCUT2D eigenvalue weighted by Gasteiger charge is -2.10. The number of halogens is 2. The maximum absolute atomic E-state index is 13.3. The molecule has 0 aliphatic carbocycles. The van der Waals surface area contributed by atoms with Crippen LogP contribution < -0.4 is 15.8 Å². The number of nitrogens with two attached hydrogens (primary N) is 1. The van der Waals surface area contributed by atoms with Crippen LogP contribution in [0, 0.1) is 11.6 Å². The summed E-state index contributed by atoms with van der Waals surface area (Å²) >= 11 is 0. The number of carbonyl (C=O) groups excluding carboxylic acids is 1. The smallest absolute Gasteiger partial charge is 0.262 e. The van der Waals surface area contributed by atoms with E-state index in [1.807, 2.05) is 0 Å². The molecule has 0 aliphatic rings. The molecular weight excluding hydrogens is 266 g/mol. The monoisotopic (exact) mass is 278 g/mol. The van der Waals surface area contributed by atoms with Crippen LogP contribution in [0.3, 0.4) is 0 Å². The fraction of sp³-hybridized carbons (Fsp3) is 0.0714. The van der Waals surface area contributed by atoms with Gasteiger partial charge >= 0.3 is 0 Å². The van der Waals surface area contributed by atoms with Gasteiger partial charge in [0.1, 0.15) is 23.1 Å². The molecule has 0 saturated heterocycles. The number of para-hydroxylation sites is 3. The second-order valence-electron chi connectivity index (χ2n) is 3.97. The Morgan fingerprint density at radius 1 is 1.10 bits per heavy atom. The number of amides is 1. The van der Waals surface area contributed by atoms with Crippen molar-refractivity contribution in [2.24, 2.45) is 0 Å². The van der Waals surface area contributed by atoms with E-state index in [0.29, 0.717) is 11.4 Å². The van der Waals surface area contributed by atoms with Crippen LogP contribution in [0.5, 0.6) is 5.75 Å². The van der Waals surface area contributed by atoms with Gasteiger partial charge in [0, 0.05) is 0 Å². The Morgan fingerprint density at radius 2 is 1.75 bits per heavy atom. The number of rotatable bonds is 4. The Kier molecular flexibility index (Phi) is 4.14. The van der Waals surface area contributed by atoms with E-state index in [0.717, 1.165) is 12.1 Å². The standard InChI is InChI=1S/C14H12F2N2O2/c15-9-4-3-5-10(16)14(9)18-13(19)8-20-12-7-2-1-6-11(12)17/h1-7H,8,17H2,(H,18,19). The summed E-state index contributed by atoms with van der Waals surface area (Å²) in [5.41, 5.74) is 5.51. The number of nitrogens with one attached hydrogen (secondary N) is 1. The molecule has 4 nitrogen and oxygen atoms in total. The molecule has 0 heterocycles. The highest BCUT2D eigenvalue weighted by Crippen LogP contribution is 2.20. The average Bonchev–Trinajstić information content (AvgIpc) is 2.42. The minimum Gasteiger partial charge on any atom is -0.482 e. The lowest BCUT2D eigenvalue weighted by molar-refractivity contribution is -0.118. The van der Waals surface area contributed by atoms with Gasteiger partial charge in [-0.15, -0.1) is 0 Å². The molecule has 0 saturated carbocycles. The number of ether oxygens (including phenoxy) is 1. The van der Waals surface area contributed by atoms with E-state index in [9.17, 15) is 13.6 Å². The predicted molar refractivity (Wildman–Crippen MR) is 71.3 cm³/mol. The maximum Gasteiger partial charge on any atom is 0.262 e. The fourth-order valence-electron chi connectivity index (χ4n) is 1.55. The Bertz CT molecular complexity index is 612. The van der Waals surface area contributed by atoms with Gasteiger partial charge in [0.25, 0.3) is 5.91 Å². The van der Waals surface area contributed by atoms with E-state index in [-0.39, 0.29) is 0 Å². The van der Waals surface area contributed by atoms with Gasteiger partial charge < -0.3 is 15.8 Å². The molecular formula is C14H12F2N2O2. The van der Waals surface area contributed by atoms with Crippen molar-refractivity contribution in [2.45, 2.75) is 0 Å². The summed E-state index contributed by atoms with van der Waals surface area (Å²) in [5.74, 6) is -2.05. The van der Waals surface area contributed by atoms with Crippen molar-refractivity contribution in [1.82, 2.24) is 0 Å². The van der Waals surface area contributed by atoms with Gasteiger partial charge in [-0.3, -0.25) is 4.79 Å². The minimum atomic E-state index is -0.849. The molecule has 0 aliphatic heterocycles. The first kappa shape index (κ1) is 13.8. The molecule has 2 aromatic carbocycles. The van der Waals surface area contributed by atoms with Crippen molar-refractivity contribution in [2.75, 3.05) is 17.7 Å². The quantitative estimate of drug-likeness (QED) is 0.845. The number of hydrogen-bond acceptors (Lipinski definition) is 3. The summed E-state index contributed by atoms with van der Waals surface area (Å²) in [5, 5.41) is 2.11. The van der Waals surface area contributed by atoms with Gasteiger partial charge in [-0.2, -0.15) is 0 Å². The van der Waals surface area contributed by atoms with E-state index in [1.54, 1.807) is 24.3 Å². The Labute approximate surface area is 114 Å². The summed E-state index contributed by atoms with van der Waals surface area (Å²) in [6, 6.07) is 9.93. The van der Waals surface area contributed by atoms with E-state index in [4.69, 9.17) is 10.5 Å². The van der Waals surface area contributed by atoms with Crippen molar-refractivity contribution in [3.63, 3.8) is 0 Å². The predicted octanol–water partition coefficient (Wildman–Crippen LogP) is 2.56. The number of benzene rings is 2. The first-order chi connectivity index (χ1) is 9.58. The van der Waals surface area contributed by atoms with Crippen LogP contribution in [-0.4, -0.2) is 12.5 Å². The fourth-order valence-corrected chi connectivity index (χ4v) is 1.55. The third-order valence-electron chi connectivity index (χ3n) is 2.50. The third-order valence-corrected chi connectivity index (χ3v) is 2.50. The highest BCUT2D eigenvalue weighted by atomic mass is 19.1. The SMILES string of the molecule is Nc1ccccc1OCC(=O)Nc1c(F)cccc1F. The normalized spacial score (nSPS) is 10.1. The van der Waals surface area contributed by atoms with Crippen LogP contribution in [0.4, 0.5) is 20.2 Å². The average molecular weight is 278 g/mol. The van der Waals surface area contributed by atoms with Gasteiger partial charge in [0.05, 0.1) is 5.69 Å². The number of nitrogen functional groups attached to an aromatic ring is 1. The van der Waals surface area contributed by atoms with Gasteiger partial charge in [-0.25, -0.2) is 8.78 Å². The number of anilines is 2. The summed E-state index contributed by atoms with van der Waals surface area (Å²) in [6.45, 7) is -0.401. The molecule has 2 rings (SSSR count). The molecule has 104 valence electrons. The van der Waals surface area contributed by atoms with E-state index in [1.165, 1.54) is 6.07 Å². The molecule has 0 aromatic heterocycles. The van der Waals surface area contributed by atoms with E-state index in [2.05, 4.69) is 5.32 Å². The van der Waals surface area contributed by atoms with Crippen LogP contribution in [-0.2, 0) is 4.79 Å². The summed E-state index contributed by atoms with van der Waals surface area (Å²) in [4.78, 5) is 11.6. The van der Waals surface area contributed by atoms with Crippen LogP contribution in [0.1, 0.15) is 0 Å². The number of hydrogen-bond donors (Lipinski definition) is 2. The molecule has 3 N–H and O–H groups in total. The van der Waals surface area contributed by atoms with Crippen LogP contribution >= 0.6 is 0 Å². The molecule has 20 heavy (non-hydrogen) atoms. The maximum atomic E-state index is 13.3. The van der Waals surface area contributed by atoms with Gasteiger partial charge in [0.2, 0.25) is 0 Å². The second kappa shape index (κ2) is 6.01. The summed E-state index contributed by atoms with van der Waals surface area (Å²) < 4.78 is 31.8. The van der Waals surface area contributed by atoms with Crippen molar-refractivity contribution in [3.05, 3.63) is 54.1 Å². The van der Waals surface area contributed by atoms with Crippen molar-refractivity contribution in [1.29, 1.82) is 0 Å². The van der Waals surface area contributed by atoms with Gasteiger partial charge in [-0.05, 0) is 24.3 Å². The molecule has 0 atom stereocenters. The second-order valence-corrected chi connectivity index (χ2v) is 3.97. The lowest BCUT2D eigenvalue weighted by atomic mass is 10.3. The Morgan fingerprint density at radius 3 is 2.40 bits per heavy atom. The molecule has 0 spiro atoms. The Balaban J connectivity index is 1.98. The Hall–Kier alpha value is -2.63. The minimum absolute atomic E-state index is 0.330. The van der Waals surface area contributed by atoms with Crippen LogP contribution in [0.15, 0.2) is 42.5 Å². The zero-order chi connectivity index (χ0) is 14.5. The molecule has 0 radical (unpaired) electrons. The molecule has 0 fully saturated rings. The zero-order valence-corrected chi connectivity index (χ0v) is 10.4. The van der Waals surface area contributed by atoms with Gasteiger partial charge in [0.15, 0.2) is 6.61 Å². The third kappa shape index (κ3) is 3.23. The molecule has 6 heteroatoms. The molecule has 2 aromatic rings.